The second kappa shape index (κ2) is 7.48. The minimum Gasteiger partial charge on any atom is -0.330 e. The average Bonchev–Trinajstić information content (AvgIpc) is 2.66. The van der Waals surface area contributed by atoms with Crippen LogP contribution in [-0.4, -0.2) is 47.1 Å². The van der Waals surface area contributed by atoms with Crippen molar-refractivity contribution < 1.29 is 0 Å². The lowest BCUT2D eigenvalue weighted by Gasteiger charge is -2.12. The zero-order valence-corrected chi connectivity index (χ0v) is 12.2. The molecule has 1 aromatic rings. The van der Waals surface area contributed by atoms with E-state index in [0.717, 1.165) is 31.6 Å². The lowest BCUT2D eigenvalue weighted by molar-refractivity contribution is 0.365. The van der Waals surface area contributed by atoms with Gasteiger partial charge in [0.2, 0.25) is 0 Å². The third kappa shape index (κ3) is 4.74. The molecule has 5 heteroatoms. The number of likely N-dealkylation sites (N-methyl/N-ethyl adjacent to an activating group) is 1. The normalized spacial score (nSPS) is 11.7. The van der Waals surface area contributed by atoms with Crippen molar-refractivity contribution in [3.05, 3.63) is 11.4 Å². The van der Waals surface area contributed by atoms with Crippen molar-refractivity contribution in [3.8, 4) is 0 Å². The van der Waals surface area contributed by atoms with Gasteiger partial charge >= 0.3 is 0 Å². The smallest absolute Gasteiger partial charge is 0.0871 e. The van der Waals surface area contributed by atoms with Gasteiger partial charge in [0, 0.05) is 13.0 Å². The van der Waals surface area contributed by atoms with Crippen LogP contribution in [0.2, 0.25) is 0 Å². The van der Waals surface area contributed by atoms with E-state index in [4.69, 9.17) is 5.73 Å². The zero-order valence-electron chi connectivity index (χ0n) is 12.2. The summed E-state index contributed by atoms with van der Waals surface area (Å²) >= 11 is 0. The molecule has 104 valence electrons. The topological polar surface area (TPSA) is 60.0 Å². The van der Waals surface area contributed by atoms with E-state index in [1.807, 2.05) is 4.68 Å². The third-order valence-electron chi connectivity index (χ3n) is 3.02. The van der Waals surface area contributed by atoms with Crippen LogP contribution in [0.1, 0.15) is 31.7 Å². The molecular weight excluding hydrogens is 226 g/mol. The standard InChI is InChI=1S/C13H27N5/c1-11(2)5-6-13-12(7-8-14)15-16-18(13)10-9-17(3)4/h11H,5-10,14H2,1-4H3. The van der Waals surface area contributed by atoms with Gasteiger partial charge in [0.1, 0.15) is 0 Å². The van der Waals surface area contributed by atoms with Crippen molar-refractivity contribution in [3.63, 3.8) is 0 Å². The quantitative estimate of drug-likeness (QED) is 0.749. The maximum atomic E-state index is 5.63. The molecule has 1 rings (SSSR count). The molecule has 0 amide bonds. The molecular formula is C13H27N5. The molecule has 0 unspecified atom stereocenters. The molecule has 0 aliphatic carbocycles. The van der Waals surface area contributed by atoms with Gasteiger partial charge in [0.25, 0.3) is 0 Å². The molecule has 0 aliphatic rings. The molecule has 0 saturated carbocycles. The predicted octanol–water partition coefficient (Wildman–Crippen LogP) is 0.930. The summed E-state index contributed by atoms with van der Waals surface area (Å²) in [4.78, 5) is 2.16. The Balaban J connectivity index is 2.74. The summed E-state index contributed by atoms with van der Waals surface area (Å²) in [5, 5.41) is 8.55. The summed E-state index contributed by atoms with van der Waals surface area (Å²) in [6, 6.07) is 0. The molecule has 1 aromatic heterocycles. The van der Waals surface area contributed by atoms with Crippen molar-refractivity contribution in [1.29, 1.82) is 0 Å². The monoisotopic (exact) mass is 253 g/mol. The summed E-state index contributed by atoms with van der Waals surface area (Å²) in [6.45, 7) is 7.02. The first kappa shape index (κ1) is 15.1. The second-order valence-corrected chi connectivity index (χ2v) is 5.48. The van der Waals surface area contributed by atoms with Crippen LogP contribution in [0.15, 0.2) is 0 Å². The van der Waals surface area contributed by atoms with Crippen molar-refractivity contribution in [2.45, 2.75) is 39.7 Å². The van der Waals surface area contributed by atoms with Gasteiger partial charge in [-0.2, -0.15) is 0 Å². The van der Waals surface area contributed by atoms with E-state index in [-0.39, 0.29) is 0 Å². The highest BCUT2D eigenvalue weighted by molar-refractivity contribution is 5.11. The Bertz CT molecular complexity index is 343. The summed E-state index contributed by atoms with van der Waals surface area (Å²) in [7, 11) is 4.15. The van der Waals surface area contributed by atoms with Crippen LogP contribution >= 0.6 is 0 Å². The number of hydrogen-bond acceptors (Lipinski definition) is 4. The summed E-state index contributed by atoms with van der Waals surface area (Å²) < 4.78 is 2.05. The maximum Gasteiger partial charge on any atom is 0.0871 e. The molecule has 0 fully saturated rings. The van der Waals surface area contributed by atoms with Gasteiger partial charge in [-0.15, -0.1) is 5.10 Å². The molecule has 2 N–H and O–H groups in total. The van der Waals surface area contributed by atoms with E-state index in [0.29, 0.717) is 12.5 Å². The number of aromatic nitrogens is 3. The predicted molar refractivity (Wildman–Crippen MR) is 74.5 cm³/mol. The number of hydrogen-bond donors (Lipinski definition) is 1. The van der Waals surface area contributed by atoms with E-state index in [1.165, 1.54) is 12.1 Å². The van der Waals surface area contributed by atoms with Crippen molar-refractivity contribution in [2.75, 3.05) is 27.2 Å². The van der Waals surface area contributed by atoms with Gasteiger partial charge in [-0.05, 0) is 39.4 Å². The lowest BCUT2D eigenvalue weighted by Crippen LogP contribution is -2.20. The van der Waals surface area contributed by atoms with Crippen molar-refractivity contribution in [2.24, 2.45) is 11.7 Å². The minimum absolute atomic E-state index is 0.640. The van der Waals surface area contributed by atoms with Gasteiger partial charge < -0.3 is 10.6 Å². The molecule has 0 bridgehead atoms. The van der Waals surface area contributed by atoms with Gasteiger partial charge in [0.05, 0.1) is 17.9 Å². The van der Waals surface area contributed by atoms with E-state index >= 15 is 0 Å². The molecule has 5 nitrogen and oxygen atoms in total. The van der Waals surface area contributed by atoms with Crippen LogP contribution in [0.5, 0.6) is 0 Å². The van der Waals surface area contributed by atoms with E-state index in [9.17, 15) is 0 Å². The van der Waals surface area contributed by atoms with Crippen molar-refractivity contribution >= 4 is 0 Å². The van der Waals surface area contributed by atoms with Crippen LogP contribution in [0.3, 0.4) is 0 Å². The van der Waals surface area contributed by atoms with Gasteiger partial charge in [-0.3, -0.25) is 0 Å². The van der Waals surface area contributed by atoms with Gasteiger partial charge in [-0.1, -0.05) is 19.1 Å². The molecule has 0 atom stereocenters. The first-order chi connectivity index (χ1) is 8.54. The Hall–Kier alpha value is -0.940. The largest absolute Gasteiger partial charge is 0.330 e. The highest BCUT2D eigenvalue weighted by Gasteiger charge is 2.12. The summed E-state index contributed by atoms with van der Waals surface area (Å²) in [6.07, 6.45) is 3.05. The first-order valence-electron chi connectivity index (χ1n) is 6.80. The molecule has 0 saturated heterocycles. The van der Waals surface area contributed by atoms with Gasteiger partial charge in [-0.25, -0.2) is 4.68 Å². The van der Waals surface area contributed by atoms with Crippen molar-refractivity contribution in [1.82, 2.24) is 19.9 Å². The Morgan fingerprint density at radius 3 is 2.56 bits per heavy atom. The van der Waals surface area contributed by atoms with Crippen LogP contribution in [0.4, 0.5) is 0 Å². The average molecular weight is 253 g/mol. The fourth-order valence-electron chi connectivity index (χ4n) is 1.87. The fraction of sp³-hybridized carbons (Fsp3) is 0.846. The first-order valence-corrected chi connectivity index (χ1v) is 6.80. The SMILES string of the molecule is CC(C)CCc1c(CCN)nnn1CCN(C)C. The van der Waals surface area contributed by atoms with Crippen LogP contribution in [0.25, 0.3) is 0 Å². The van der Waals surface area contributed by atoms with Crippen LogP contribution < -0.4 is 5.73 Å². The number of rotatable bonds is 8. The number of nitrogens with zero attached hydrogens (tertiary/aromatic N) is 4. The molecule has 0 aliphatic heterocycles. The van der Waals surface area contributed by atoms with Crippen LogP contribution in [0, 0.1) is 5.92 Å². The molecule has 18 heavy (non-hydrogen) atoms. The third-order valence-corrected chi connectivity index (χ3v) is 3.02. The molecule has 0 spiro atoms. The fourth-order valence-corrected chi connectivity index (χ4v) is 1.87. The Kier molecular flexibility index (Phi) is 6.29. The highest BCUT2D eigenvalue weighted by Crippen LogP contribution is 2.12. The maximum absolute atomic E-state index is 5.63. The van der Waals surface area contributed by atoms with E-state index in [2.05, 4.69) is 43.2 Å². The number of nitrogens with two attached hydrogens (primary N) is 1. The van der Waals surface area contributed by atoms with E-state index < -0.39 is 0 Å². The Morgan fingerprint density at radius 2 is 2.00 bits per heavy atom. The highest BCUT2D eigenvalue weighted by atomic mass is 15.4. The second-order valence-electron chi connectivity index (χ2n) is 5.48. The molecule has 1 heterocycles. The summed E-state index contributed by atoms with van der Waals surface area (Å²) in [5.41, 5.74) is 7.99. The molecule has 0 aromatic carbocycles. The lowest BCUT2D eigenvalue weighted by atomic mass is 10.0. The minimum atomic E-state index is 0.640. The Morgan fingerprint density at radius 1 is 1.28 bits per heavy atom. The summed E-state index contributed by atoms with van der Waals surface area (Å²) in [5.74, 6) is 0.702. The van der Waals surface area contributed by atoms with E-state index in [1.54, 1.807) is 0 Å². The van der Waals surface area contributed by atoms with Crippen LogP contribution in [-0.2, 0) is 19.4 Å². The molecule has 0 radical (unpaired) electrons. The Labute approximate surface area is 110 Å². The van der Waals surface area contributed by atoms with Gasteiger partial charge in [0.15, 0.2) is 0 Å². The zero-order chi connectivity index (χ0) is 13.5.